The summed E-state index contributed by atoms with van der Waals surface area (Å²) < 4.78 is 10.7. The molecule has 0 bridgehead atoms. The second-order valence-electron chi connectivity index (χ2n) is 8.69. The molecule has 0 N–H and O–H groups in total. The molecule has 198 valence electrons. The van der Waals surface area contributed by atoms with Crippen molar-refractivity contribution >= 4 is 30.0 Å². The number of hydrogen-bond donors (Lipinski definition) is 0. The summed E-state index contributed by atoms with van der Waals surface area (Å²) in [4.78, 5) is 41.0. The number of non-ortho nitro benzene ring substituents is 1. The Morgan fingerprint density at radius 3 is 2.24 bits per heavy atom. The van der Waals surface area contributed by atoms with Gasteiger partial charge in [-0.1, -0.05) is 42.5 Å². The van der Waals surface area contributed by atoms with Crippen LogP contribution in [0.5, 0.6) is 0 Å². The van der Waals surface area contributed by atoms with Gasteiger partial charge in [0.15, 0.2) is 0 Å². The first-order valence-electron chi connectivity index (χ1n) is 11.5. The molecule has 1 atom stereocenters. The van der Waals surface area contributed by atoms with E-state index in [9.17, 15) is 19.7 Å². The van der Waals surface area contributed by atoms with Crippen LogP contribution in [-0.2, 0) is 25.6 Å². The maximum absolute atomic E-state index is 13.4. The Balaban J connectivity index is 0.00000481. The second kappa shape index (κ2) is 13.0. The number of carbonyl (C=O) groups is 2. The highest BCUT2D eigenvalue weighted by molar-refractivity contribution is 5.99. The Kier molecular flexibility index (Phi) is 10.4. The van der Waals surface area contributed by atoms with Gasteiger partial charge in [0.05, 0.1) is 29.1 Å². The number of carbonyl (C=O) groups excluding carboxylic acids is 2. The summed E-state index contributed by atoms with van der Waals surface area (Å²) in [6.45, 7) is 4.86. The molecule has 1 aliphatic heterocycles. The lowest BCUT2D eigenvalue weighted by Gasteiger charge is -2.35. The van der Waals surface area contributed by atoms with Crippen LogP contribution in [0, 0.1) is 10.1 Å². The number of likely N-dealkylation sites (N-methyl/N-ethyl adjacent to an activating group) is 1. The first-order chi connectivity index (χ1) is 17.1. The van der Waals surface area contributed by atoms with E-state index < -0.39 is 22.8 Å². The number of nitro groups is 1. The van der Waals surface area contributed by atoms with Gasteiger partial charge in [-0.3, -0.25) is 15.0 Å². The lowest BCUT2D eigenvalue weighted by Crippen LogP contribution is -2.34. The molecule has 9 nitrogen and oxygen atoms in total. The molecule has 1 aliphatic rings. The maximum atomic E-state index is 13.4. The molecule has 1 heterocycles. The van der Waals surface area contributed by atoms with Gasteiger partial charge in [-0.15, -0.1) is 12.4 Å². The highest BCUT2D eigenvalue weighted by Gasteiger charge is 2.40. The van der Waals surface area contributed by atoms with Crippen molar-refractivity contribution in [1.29, 1.82) is 0 Å². The van der Waals surface area contributed by atoms with Gasteiger partial charge in [0.25, 0.3) is 5.69 Å². The third-order valence-electron chi connectivity index (χ3n) is 6.40. The zero-order chi connectivity index (χ0) is 26.4. The van der Waals surface area contributed by atoms with E-state index in [1.165, 1.54) is 25.3 Å². The van der Waals surface area contributed by atoms with Crippen molar-refractivity contribution in [2.75, 3.05) is 34.4 Å². The molecule has 0 aromatic heterocycles. The number of rotatable bonds is 9. The number of methoxy groups -OCH3 is 1. The van der Waals surface area contributed by atoms with E-state index >= 15 is 0 Å². The smallest absolute Gasteiger partial charge is 0.336 e. The average molecular weight is 530 g/mol. The summed E-state index contributed by atoms with van der Waals surface area (Å²) in [6.07, 6.45) is 0. The van der Waals surface area contributed by atoms with Crippen LogP contribution in [0.3, 0.4) is 0 Å². The number of allylic oxidation sites excluding steroid dienone is 2. The molecule has 37 heavy (non-hydrogen) atoms. The minimum atomic E-state index is -0.872. The fourth-order valence-electron chi connectivity index (χ4n) is 4.31. The summed E-state index contributed by atoms with van der Waals surface area (Å²) in [5.41, 5.74) is 3.11. The summed E-state index contributed by atoms with van der Waals surface area (Å²) in [7, 11) is 4.95. The molecule has 0 aliphatic carbocycles. The molecular weight excluding hydrogens is 498 g/mol. The van der Waals surface area contributed by atoms with Crippen molar-refractivity contribution in [3.05, 3.63) is 98.4 Å². The standard InChI is InChI=1S/C27H31N3O6.ClH/c1-18-23(26(31)35-5)25(21-12-9-13-22(16-21)30(33)34)24(19(2)29(18)4)27(32)36-15-14-28(3)17-20-10-7-6-8-11-20;/h6-13,16,25H,14-15,17H2,1-5H3;1H. The zero-order valence-corrected chi connectivity index (χ0v) is 22.4. The topological polar surface area (TPSA) is 102 Å². The van der Waals surface area contributed by atoms with Gasteiger partial charge in [-0.05, 0) is 32.0 Å². The van der Waals surface area contributed by atoms with E-state index in [-0.39, 0.29) is 35.8 Å². The SMILES string of the molecule is COC(=O)C1=C(C)N(C)C(C)=C(C(=O)OCCN(C)Cc2ccccc2)C1c1cccc([N+](=O)[O-])c1.Cl. The quantitative estimate of drug-likeness (QED) is 0.267. The maximum Gasteiger partial charge on any atom is 0.336 e. The normalized spacial score (nSPS) is 15.4. The Labute approximate surface area is 222 Å². The average Bonchev–Trinajstić information content (AvgIpc) is 2.87. The number of ether oxygens (including phenoxy) is 2. The number of nitro benzene ring substituents is 1. The molecule has 0 spiro atoms. The fraction of sp³-hybridized carbons (Fsp3) is 0.333. The predicted molar refractivity (Wildman–Crippen MR) is 142 cm³/mol. The number of halogens is 1. The van der Waals surface area contributed by atoms with E-state index in [4.69, 9.17) is 9.47 Å². The molecule has 1 unspecified atom stereocenters. The number of nitrogens with zero attached hydrogens (tertiary/aromatic N) is 3. The monoisotopic (exact) mass is 529 g/mol. The molecule has 0 saturated carbocycles. The van der Waals surface area contributed by atoms with Gasteiger partial charge < -0.3 is 14.4 Å². The third-order valence-corrected chi connectivity index (χ3v) is 6.40. The Morgan fingerprint density at radius 1 is 1.03 bits per heavy atom. The minimum absolute atomic E-state index is 0. The van der Waals surface area contributed by atoms with Gasteiger partial charge in [0.1, 0.15) is 6.61 Å². The summed E-state index contributed by atoms with van der Waals surface area (Å²) >= 11 is 0. The zero-order valence-electron chi connectivity index (χ0n) is 21.6. The lowest BCUT2D eigenvalue weighted by molar-refractivity contribution is -0.384. The Bertz CT molecular complexity index is 1210. The number of hydrogen-bond acceptors (Lipinski definition) is 8. The van der Waals surface area contributed by atoms with E-state index in [1.54, 1.807) is 31.9 Å². The Hall–Kier alpha value is -3.69. The van der Waals surface area contributed by atoms with Gasteiger partial charge in [0, 0.05) is 43.7 Å². The minimum Gasteiger partial charge on any atom is -0.466 e. The van der Waals surface area contributed by atoms with Gasteiger partial charge in [-0.2, -0.15) is 0 Å². The highest BCUT2D eigenvalue weighted by atomic mass is 35.5. The van der Waals surface area contributed by atoms with Crippen molar-refractivity contribution in [3.63, 3.8) is 0 Å². The van der Waals surface area contributed by atoms with Crippen molar-refractivity contribution < 1.29 is 24.0 Å². The van der Waals surface area contributed by atoms with Crippen LogP contribution in [0.25, 0.3) is 0 Å². The van der Waals surface area contributed by atoms with E-state index in [0.717, 1.165) is 5.56 Å². The van der Waals surface area contributed by atoms with Crippen molar-refractivity contribution in [3.8, 4) is 0 Å². The van der Waals surface area contributed by atoms with E-state index in [0.29, 0.717) is 30.0 Å². The Morgan fingerprint density at radius 2 is 1.65 bits per heavy atom. The number of esters is 2. The molecule has 0 amide bonds. The summed E-state index contributed by atoms with van der Waals surface area (Å²) in [5, 5.41) is 11.4. The van der Waals surface area contributed by atoms with Crippen molar-refractivity contribution in [1.82, 2.24) is 9.80 Å². The lowest BCUT2D eigenvalue weighted by atomic mass is 9.79. The molecule has 10 heteroatoms. The van der Waals surface area contributed by atoms with Crippen molar-refractivity contribution in [2.45, 2.75) is 26.3 Å². The molecule has 2 aromatic carbocycles. The first kappa shape index (κ1) is 29.5. The molecule has 0 fully saturated rings. The van der Waals surface area contributed by atoms with Crippen LogP contribution in [0.4, 0.5) is 5.69 Å². The second-order valence-corrected chi connectivity index (χ2v) is 8.69. The van der Waals surface area contributed by atoms with Crippen LogP contribution in [-0.4, -0.2) is 61.0 Å². The van der Waals surface area contributed by atoms with E-state index in [2.05, 4.69) is 0 Å². The van der Waals surface area contributed by atoms with Crippen LogP contribution < -0.4 is 0 Å². The van der Waals surface area contributed by atoms with Crippen LogP contribution >= 0.6 is 12.4 Å². The van der Waals surface area contributed by atoms with Crippen LogP contribution in [0.15, 0.2) is 77.1 Å². The van der Waals surface area contributed by atoms with E-state index in [1.807, 2.05) is 42.3 Å². The highest BCUT2D eigenvalue weighted by Crippen LogP contribution is 2.42. The third kappa shape index (κ3) is 6.75. The number of benzene rings is 2. The summed E-state index contributed by atoms with van der Waals surface area (Å²) in [6, 6.07) is 15.9. The molecule has 0 radical (unpaired) electrons. The van der Waals surface area contributed by atoms with Crippen LogP contribution in [0.2, 0.25) is 0 Å². The van der Waals surface area contributed by atoms with Gasteiger partial charge >= 0.3 is 11.9 Å². The molecule has 2 aromatic rings. The predicted octanol–water partition coefficient (Wildman–Crippen LogP) is 4.44. The van der Waals surface area contributed by atoms with Crippen molar-refractivity contribution in [2.24, 2.45) is 0 Å². The van der Waals surface area contributed by atoms with Gasteiger partial charge in [-0.25, -0.2) is 9.59 Å². The molecule has 3 rings (SSSR count). The largest absolute Gasteiger partial charge is 0.466 e. The molecular formula is C27H32ClN3O6. The molecule has 0 saturated heterocycles. The van der Waals surface area contributed by atoms with Gasteiger partial charge in [0.2, 0.25) is 0 Å². The van der Waals surface area contributed by atoms with Crippen LogP contribution in [0.1, 0.15) is 30.9 Å². The summed E-state index contributed by atoms with van der Waals surface area (Å²) in [5.74, 6) is -2.07. The fourth-order valence-corrected chi connectivity index (χ4v) is 4.31. The first-order valence-corrected chi connectivity index (χ1v) is 11.5.